The third kappa shape index (κ3) is 4.44. The summed E-state index contributed by atoms with van der Waals surface area (Å²) in [5.74, 6) is -1.86. The van der Waals surface area contributed by atoms with Gasteiger partial charge >= 0.3 is 0 Å². The van der Waals surface area contributed by atoms with Gasteiger partial charge in [-0.15, -0.1) is 11.3 Å². The number of anilines is 1. The van der Waals surface area contributed by atoms with E-state index in [0.29, 0.717) is 25.7 Å². The highest BCUT2D eigenvalue weighted by Crippen LogP contribution is 2.30. The number of hydrogen-bond donors (Lipinski definition) is 2. The molecule has 3 aromatic rings. The van der Waals surface area contributed by atoms with E-state index in [-0.39, 0.29) is 40.0 Å². The third-order valence-electron chi connectivity index (χ3n) is 4.76. The second-order valence-corrected chi connectivity index (χ2v) is 7.74. The van der Waals surface area contributed by atoms with Crippen molar-refractivity contribution in [3.63, 3.8) is 0 Å². The summed E-state index contributed by atoms with van der Waals surface area (Å²) in [5, 5.41) is 13.7. The molecule has 1 aromatic carbocycles. The van der Waals surface area contributed by atoms with Crippen LogP contribution in [-0.4, -0.2) is 38.2 Å². The molecule has 7 nitrogen and oxygen atoms in total. The van der Waals surface area contributed by atoms with Crippen LogP contribution < -0.4 is 10.1 Å². The molecule has 10 heteroatoms. The van der Waals surface area contributed by atoms with Crippen molar-refractivity contribution < 1.29 is 23.4 Å². The maximum atomic E-state index is 14.0. The number of benzene rings is 1. The Morgan fingerprint density at radius 1 is 1.20 bits per heavy atom. The molecule has 156 valence electrons. The van der Waals surface area contributed by atoms with Gasteiger partial charge in [0.05, 0.1) is 17.9 Å². The lowest BCUT2D eigenvalue weighted by atomic mass is 9.95. The average molecular weight is 432 g/mol. The number of hydrogen-bond acceptors (Lipinski definition) is 7. The van der Waals surface area contributed by atoms with Crippen molar-refractivity contribution in [2.75, 3.05) is 5.32 Å². The van der Waals surface area contributed by atoms with Gasteiger partial charge < -0.3 is 15.2 Å². The molecule has 1 aliphatic rings. The molecule has 30 heavy (non-hydrogen) atoms. The number of nitrogens with zero attached hydrogens (tertiary/aromatic N) is 3. The SMILES string of the molecule is O=C(Nc1cncnc1OC1CCC(O)CC1)c1csc(-c2c(F)cccc2F)n1. The lowest BCUT2D eigenvalue weighted by Crippen LogP contribution is -2.27. The second kappa shape index (κ2) is 8.80. The first-order chi connectivity index (χ1) is 14.5. The lowest BCUT2D eigenvalue weighted by Gasteiger charge is -2.26. The number of carbonyl (C=O) groups is 1. The summed E-state index contributed by atoms with van der Waals surface area (Å²) in [7, 11) is 0. The van der Waals surface area contributed by atoms with Gasteiger partial charge in [-0.05, 0) is 37.8 Å². The van der Waals surface area contributed by atoms with Gasteiger partial charge in [0.1, 0.15) is 40.5 Å². The standard InChI is InChI=1S/C20H18F2N4O3S/c21-13-2-1-3-14(22)17(13)20-26-16(9-30-20)18(28)25-15-8-23-10-24-19(15)29-12-6-4-11(27)5-7-12/h1-3,8-12,27H,4-7H2,(H,25,28). The van der Waals surface area contributed by atoms with Crippen LogP contribution >= 0.6 is 11.3 Å². The van der Waals surface area contributed by atoms with Crippen molar-refractivity contribution in [3.8, 4) is 16.5 Å². The highest BCUT2D eigenvalue weighted by Gasteiger charge is 2.23. The van der Waals surface area contributed by atoms with Crippen LogP contribution in [0.1, 0.15) is 36.2 Å². The van der Waals surface area contributed by atoms with E-state index in [1.165, 1.54) is 24.0 Å². The number of carbonyl (C=O) groups excluding carboxylic acids is 1. The fourth-order valence-electron chi connectivity index (χ4n) is 3.20. The van der Waals surface area contributed by atoms with Gasteiger partial charge in [-0.3, -0.25) is 4.79 Å². The minimum absolute atomic E-state index is 0.00763. The molecular weight excluding hydrogens is 414 g/mol. The van der Waals surface area contributed by atoms with Crippen LogP contribution in [0.4, 0.5) is 14.5 Å². The average Bonchev–Trinajstić information content (AvgIpc) is 3.21. The molecule has 0 atom stereocenters. The third-order valence-corrected chi connectivity index (χ3v) is 5.62. The van der Waals surface area contributed by atoms with Gasteiger partial charge in [-0.2, -0.15) is 4.98 Å². The van der Waals surface area contributed by atoms with Gasteiger partial charge in [0.2, 0.25) is 5.88 Å². The molecule has 2 aromatic heterocycles. The molecule has 1 fully saturated rings. The molecule has 1 amide bonds. The molecule has 1 saturated carbocycles. The lowest BCUT2D eigenvalue weighted by molar-refractivity contribution is 0.0646. The van der Waals surface area contributed by atoms with Crippen molar-refractivity contribution in [1.82, 2.24) is 15.0 Å². The molecule has 2 heterocycles. The van der Waals surface area contributed by atoms with Crippen LogP contribution in [-0.2, 0) is 0 Å². The van der Waals surface area contributed by atoms with Crippen molar-refractivity contribution in [2.24, 2.45) is 0 Å². The van der Waals surface area contributed by atoms with E-state index >= 15 is 0 Å². The minimum Gasteiger partial charge on any atom is -0.473 e. The van der Waals surface area contributed by atoms with Crippen LogP contribution in [0.15, 0.2) is 36.1 Å². The van der Waals surface area contributed by atoms with E-state index in [2.05, 4.69) is 20.3 Å². The Morgan fingerprint density at radius 2 is 1.93 bits per heavy atom. The highest BCUT2D eigenvalue weighted by molar-refractivity contribution is 7.13. The van der Waals surface area contributed by atoms with Gasteiger partial charge in [0.15, 0.2) is 0 Å². The van der Waals surface area contributed by atoms with Crippen LogP contribution in [0.5, 0.6) is 5.88 Å². The van der Waals surface area contributed by atoms with Gasteiger partial charge in [-0.1, -0.05) is 6.07 Å². The normalized spacial score (nSPS) is 18.8. The van der Waals surface area contributed by atoms with Crippen LogP contribution in [0.25, 0.3) is 10.6 Å². The summed E-state index contributed by atoms with van der Waals surface area (Å²) >= 11 is 0.965. The molecule has 0 bridgehead atoms. The maximum Gasteiger partial charge on any atom is 0.275 e. The first-order valence-corrected chi connectivity index (χ1v) is 10.2. The summed E-state index contributed by atoms with van der Waals surface area (Å²) in [4.78, 5) is 24.7. The number of halogens is 2. The zero-order valence-corrected chi connectivity index (χ0v) is 16.5. The summed E-state index contributed by atoms with van der Waals surface area (Å²) in [6.07, 6.45) is 4.94. The summed E-state index contributed by atoms with van der Waals surface area (Å²) < 4.78 is 33.8. The Bertz CT molecular complexity index is 1030. The molecule has 0 radical (unpaired) electrons. The topological polar surface area (TPSA) is 97.2 Å². The molecule has 2 N–H and O–H groups in total. The number of ether oxygens (including phenoxy) is 1. The number of aliphatic hydroxyl groups is 1. The Kier molecular flexibility index (Phi) is 5.96. The van der Waals surface area contributed by atoms with Crippen molar-refractivity contribution in [2.45, 2.75) is 37.9 Å². The van der Waals surface area contributed by atoms with Crippen molar-refractivity contribution >= 4 is 22.9 Å². The first-order valence-electron chi connectivity index (χ1n) is 9.37. The molecule has 0 aliphatic heterocycles. The number of aliphatic hydroxyl groups excluding tert-OH is 1. The molecule has 0 saturated heterocycles. The predicted molar refractivity (Wildman–Crippen MR) is 106 cm³/mol. The maximum absolute atomic E-state index is 14.0. The summed E-state index contributed by atoms with van der Waals surface area (Å²) in [6, 6.07) is 3.53. The Labute approximate surface area is 174 Å². The fourth-order valence-corrected chi connectivity index (χ4v) is 4.05. The quantitative estimate of drug-likeness (QED) is 0.636. The number of aromatic nitrogens is 3. The summed E-state index contributed by atoms with van der Waals surface area (Å²) in [6.45, 7) is 0. The fraction of sp³-hybridized carbons (Fsp3) is 0.300. The Balaban J connectivity index is 1.49. The van der Waals surface area contributed by atoms with Gasteiger partial charge in [0, 0.05) is 5.38 Å². The van der Waals surface area contributed by atoms with E-state index in [0.717, 1.165) is 23.5 Å². The molecule has 0 spiro atoms. The number of nitrogens with one attached hydrogen (secondary N) is 1. The van der Waals surface area contributed by atoms with Crippen LogP contribution in [0.2, 0.25) is 0 Å². The first kappa shape index (κ1) is 20.3. The van der Waals surface area contributed by atoms with E-state index in [1.54, 1.807) is 0 Å². The number of amides is 1. The van der Waals surface area contributed by atoms with E-state index in [9.17, 15) is 18.7 Å². The number of rotatable bonds is 5. The zero-order chi connectivity index (χ0) is 21.1. The second-order valence-electron chi connectivity index (χ2n) is 6.88. The monoisotopic (exact) mass is 432 g/mol. The molecule has 4 rings (SSSR count). The Morgan fingerprint density at radius 3 is 2.67 bits per heavy atom. The number of thiazole rings is 1. The minimum atomic E-state index is -0.749. The van der Waals surface area contributed by atoms with Crippen LogP contribution in [0.3, 0.4) is 0 Å². The van der Waals surface area contributed by atoms with E-state index < -0.39 is 17.5 Å². The largest absolute Gasteiger partial charge is 0.473 e. The molecule has 0 unspecified atom stereocenters. The van der Waals surface area contributed by atoms with Crippen molar-refractivity contribution in [1.29, 1.82) is 0 Å². The van der Waals surface area contributed by atoms with Crippen molar-refractivity contribution in [3.05, 3.63) is 53.4 Å². The van der Waals surface area contributed by atoms with Gasteiger partial charge in [-0.25, -0.2) is 18.7 Å². The van der Waals surface area contributed by atoms with Gasteiger partial charge in [0.25, 0.3) is 5.91 Å². The summed E-state index contributed by atoms with van der Waals surface area (Å²) in [5.41, 5.74) is 0.00147. The predicted octanol–water partition coefficient (Wildman–Crippen LogP) is 3.81. The molecular formula is C20H18F2N4O3S. The van der Waals surface area contributed by atoms with E-state index in [4.69, 9.17) is 4.74 Å². The smallest absolute Gasteiger partial charge is 0.275 e. The molecule has 1 aliphatic carbocycles. The van der Waals surface area contributed by atoms with E-state index in [1.807, 2.05) is 0 Å². The highest BCUT2D eigenvalue weighted by atomic mass is 32.1. The Hall–Kier alpha value is -2.98. The zero-order valence-electron chi connectivity index (χ0n) is 15.7. The van der Waals surface area contributed by atoms with Crippen LogP contribution in [0, 0.1) is 11.6 Å².